The molecular weight excluding hydrogens is 418 g/mol. The molecule has 5 rings (SSSR count). The van der Waals surface area contributed by atoms with Crippen LogP contribution in [0, 0.1) is 18.3 Å². The lowest BCUT2D eigenvalue weighted by atomic mass is 10.0. The zero-order chi connectivity index (χ0) is 23.5. The zero-order valence-corrected chi connectivity index (χ0v) is 18.8. The van der Waals surface area contributed by atoms with E-state index in [9.17, 15) is 10.1 Å². The molecule has 0 aliphatic carbocycles. The second kappa shape index (κ2) is 9.09. The molecule has 0 spiro atoms. The van der Waals surface area contributed by atoms with E-state index < -0.39 is 5.91 Å². The van der Waals surface area contributed by atoms with E-state index in [1.165, 1.54) is 16.3 Å². The van der Waals surface area contributed by atoms with Crippen LogP contribution in [0.5, 0.6) is 0 Å². The number of nitriles is 1. The van der Waals surface area contributed by atoms with Gasteiger partial charge in [0, 0.05) is 34.9 Å². The zero-order valence-electron chi connectivity index (χ0n) is 18.8. The van der Waals surface area contributed by atoms with Crippen molar-refractivity contribution in [1.29, 1.82) is 5.26 Å². The molecule has 1 heterocycles. The minimum absolute atomic E-state index is 0.0660. The molecule has 0 saturated heterocycles. The number of nitrogens with zero attached hydrogens (tertiary/aromatic N) is 2. The average Bonchev–Trinajstić information content (AvgIpc) is 3.21. The number of carbonyl (C=O) groups is 1. The predicted octanol–water partition coefficient (Wildman–Crippen LogP) is 6.70. The summed E-state index contributed by atoms with van der Waals surface area (Å²) in [4.78, 5) is 12.9. The van der Waals surface area contributed by atoms with Crippen molar-refractivity contribution >= 4 is 39.3 Å². The van der Waals surface area contributed by atoms with Crippen molar-refractivity contribution in [2.75, 3.05) is 5.32 Å². The van der Waals surface area contributed by atoms with Gasteiger partial charge in [-0.2, -0.15) is 5.26 Å². The topological polar surface area (TPSA) is 57.8 Å². The first-order valence-corrected chi connectivity index (χ1v) is 11.2. The van der Waals surface area contributed by atoms with Gasteiger partial charge in [-0.15, -0.1) is 0 Å². The van der Waals surface area contributed by atoms with Crippen molar-refractivity contribution in [1.82, 2.24) is 4.57 Å². The molecule has 1 N–H and O–H groups in total. The van der Waals surface area contributed by atoms with E-state index in [-0.39, 0.29) is 5.57 Å². The third kappa shape index (κ3) is 4.07. The van der Waals surface area contributed by atoms with Crippen molar-refractivity contribution in [3.8, 4) is 6.07 Å². The molecule has 4 heteroatoms. The molecule has 0 aliphatic rings. The summed E-state index contributed by atoms with van der Waals surface area (Å²) in [6.45, 7) is 2.61. The number of para-hydroxylation sites is 2. The van der Waals surface area contributed by atoms with Crippen LogP contribution in [0.2, 0.25) is 0 Å². The second-order valence-electron chi connectivity index (χ2n) is 8.31. The lowest BCUT2D eigenvalue weighted by Crippen LogP contribution is -2.14. The number of hydrogen-bond donors (Lipinski definition) is 1. The number of carbonyl (C=O) groups excluding carboxylic acids is 1. The van der Waals surface area contributed by atoms with Crippen LogP contribution in [-0.2, 0) is 11.3 Å². The Hall–Kier alpha value is -4.62. The maximum absolute atomic E-state index is 12.9. The molecular formula is C30H23N3O. The van der Waals surface area contributed by atoms with Gasteiger partial charge in [-0.25, -0.2) is 0 Å². The Labute approximate surface area is 198 Å². The molecule has 1 aromatic heterocycles. The summed E-state index contributed by atoms with van der Waals surface area (Å²) in [5.41, 5.74) is 4.82. The van der Waals surface area contributed by atoms with E-state index in [0.29, 0.717) is 12.2 Å². The number of fused-ring (bicyclic) bond motifs is 2. The summed E-state index contributed by atoms with van der Waals surface area (Å²) in [5.74, 6) is -0.414. The third-order valence-electron chi connectivity index (χ3n) is 6.10. The van der Waals surface area contributed by atoms with Crippen LogP contribution in [0.1, 0.15) is 16.7 Å². The highest BCUT2D eigenvalue weighted by Gasteiger charge is 2.14. The molecule has 1 amide bonds. The van der Waals surface area contributed by atoms with Crippen LogP contribution in [0.3, 0.4) is 0 Å². The molecule has 0 unspecified atom stereocenters. The van der Waals surface area contributed by atoms with Gasteiger partial charge in [0.1, 0.15) is 11.6 Å². The maximum atomic E-state index is 12.9. The van der Waals surface area contributed by atoms with E-state index in [0.717, 1.165) is 22.0 Å². The van der Waals surface area contributed by atoms with Crippen LogP contribution >= 0.6 is 0 Å². The summed E-state index contributed by atoms with van der Waals surface area (Å²) in [5, 5.41) is 16.0. The lowest BCUT2D eigenvalue weighted by Gasteiger charge is -2.09. The molecule has 0 radical (unpaired) electrons. The van der Waals surface area contributed by atoms with Crippen LogP contribution < -0.4 is 5.32 Å². The Balaban J connectivity index is 1.53. The molecule has 0 fully saturated rings. The Kier molecular flexibility index (Phi) is 5.68. The molecule has 5 aromatic rings. The van der Waals surface area contributed by atoms with Crippen molar-refractivity contribution in [2.45, 2.75) is 13.5 Å². The Bertz CT molecular complexity index is 1600. The fourth-order valence-corrected chi connectivity index (χ4v) is 4.34. The van der Waals surface area contributed by atoms with Crippen molar-refractivity contribution in [3.63, 3.8) is 0 Å². The van der Waals surface area contributed by atoms with Gasteiger partial charge in [-0.3, -0.25) is 4.79 Å². The van der Waals surface area contributed by atoms with E-state index >= 15 is 0 Å². The molecule has 0 aliphatic heterocycles. The molecule has 0 bridgehead atoms. The highest BCUT2D eigenvalue weighted by atomic mass is 16.1. The molecule has 0 saturated carbocycles. The standard InChI is InChI=1S/C30H23N3O/c1-21-9-2-6-15-28(21)32-30(34)24(18-31)17-25-20-33(29-16-7-5-14-27(25)29)19-23-12-8-11-22-10-3-4-13-26(22)23/h2-17,20H,19H2,1H3,(H,32,34)/b24-17-. The van der Waals surface area contributed by atoms with Gasteiger partial charge in [0.15, 0.2) is 0 Å². The first kappa shape index (κ1) is 21.2. The minimum Gasteiger partial charge on any atom is -0.342 e. The molecule has 4 aromatic carbocycles. The van der Waals surface area contributed by atoms with Gasteiger partial charge in [-0.05, 0) is 47.0 Å². The third-order valence-corrected chi connectivity index (χ3v) is 6.10. The normalized spacial score (nSPS) is 11.5. The number of benzene rings is 4. The largest absolute Gasteiger partial charge is 0.342 e. The first-order chi connectivity index (χ1) is 16.6. The molecule has 0 atom stereocenters. The Morgan fingerprint density at radius 1 is 0.912 bits per heavy atom. The van der Waals surface area contributed by atoms with Crippen LogP contribution in [-0.4, -0.2) is 10.5 Å². The van der Waals surface area contributed by atoms with E-state index in [1.54, 1.807) is 6.08 Å². The fraction of sp³-hybridized carbons (Fsp3) is 0.0667. The summed E-state index contributed by atoms with van der Waals surface area (Å²) in [6, 6.07) is 32.4. The number of amides is 1. The number of anilines is 1. The molecule has 4 nitrogen and oxygen atoms in total. The molecule has 164 valence electrons. The Morgan fingerprint density at radius 3 is 2.44 bits per heavy atom. The lowest BCUT2D eigenvalue weighted by molar-refractivity contribution is -0.112. The monoisotopic (exact) mass is 441 g/mol. The summed E-state index contributed by atoms with van der Waals surface area (Å²) in [7, 11) is 0. The SMILES string of the molecule is Cc1ccccc1NC(=O)/C(C#N)=C\c1cn(Cc2cccc3ccccc23)c2ccccc12. The summed E-state index contributed by atoms with van der Waals surface area (Å²) < 4.78 is 2.18. The van der Waals surface area contributed by atoms with E-state index in [2.05, 4.69) is 58.4 Å². The number of hydrogen-bond acceptors (Lipinski definition) is 2. The Morgan fingerprint density at radius 2 is 1.62 bits per heavy atom. The summed E-state index contributed by atoms with van der Waals surface area (Å²) >= 11 is 0. The second-order valence-corrected chi connectivity index (χ2v) is 8.31. The van der Waals surface area contributed by atoms with Gasteiger partial charge in [0.25, 0.3) is 5.91 Å². The van der Waals surface area contributed by atoms with E-state index in [1.807, 2.05) is 61.7 Å². The highest BCUT2D eigenvalue weighted by Crippen LogP contribution is 2.27. The van der Waals surface area contributed by atoms with E-state index in [4.69, 9.17) is 0 Å². The highest BCUT2D eigenvalue weighted by molar-refractivity contribution is 6.11. The van der Waals surface area contributed by atoms with Crippen LogP contribution in [0.25, 0.3) is 27.8 Å². The van der Waals surface area contributed by atoms with Gasteiger partial charge in [0.2, 0.25) is 0 Å². The van der Waals surface area contributed by atoms with Crippen LogP contribution in [0.4, 0.5) is 5.69 Å². The average molecular weight is 442 g/mol. The summed E-state index contributed by atoms with van der Waals surface area (Å²) in [6.07, 6.45) is 3.69. The number of nitrogens with one attached hydrogen (secondary N) is 1. The maximum Gasteiger partial charge on any atom is 0.266 e. The smallest absolute Gasteiger partial charge is 0.266 e. The van der Waals surface area contributed by atoms with Crippen molar-refractivity contribution in [2.24, 2.45) is 0 Å². The quantitative estimate of drug-likeness (QED) is 0.244. The van der Waals surface area contributed by atoms with Crippen LogP contribution in [0.15, 0.2) is 103 Å². The van der Waals surface area contributed by atoms with Gasteiger partial charge >= 0.3 is 0 Å². The fourth-order valence-electron chi connectivity index (χ4n) is 4.34. The number of aryl methyl sites for hydroxylation is 1. The predicted molar refractivity (Wildman–Crippen MR) is 138 cm³/mol. The first-order valence-electron chi connectivity index (χ1n) is 11.2. The van der Waals surface area contributed by atoms with Gasteiger partial charge < -0.3 is 9.88 Å². The minimum atomic E-state index is -0.414. The van der Waals surface area contributed by atoms with Gasteiger partial charge in [-0.1, -0.05) is 78.9 Å². The molecule has 34 heavy (non-hydrogen) atoms. The van der Waals surface area contributed by atoms with Crippen molar-refractivity contribution in [3.05, 3.63) is 119 Å². The number of aromatic nitrogens is 1. The number of rotatable bonds is 5. The van der Waals surface area contributed by atoms with Crippen molar-refractivity contribution < 1.29 is 4.79 Å². The van der Waals surface area contributed by atoms with Gasteiger partial charge in [0.05, 0.1) is 0 Å².